The molecule has 19 heavy (non-hydrogen) atoms. The Bertz CT molecular complexity index is 640. The van der Waals surface area contributed by atoms with Crippen molar-refractivity contribution >= 4 is 23.2 Å². The summed E-state index contributed by atoms with van der Waals surface area (Å²) in [6, 6.07) is 8.57. The predicted octanol–water partition coefficient (Wildman–Crippen LogP) is 2.68. The molecule has 0 saturated carbocycles. The van der Waals surface area contributed by atoms with Gasteiger partial charge in [0, 0.05) is 18.4 Å². The molecule has 0 radical (unpaired) electrons. The summed E-state index contributed by atoms with van der Waals surface area (Å²) in [5, 5.41) is 15.8. The SMILES string of the molecule is CCn1cc(Cl)c(C(=O)Nc2ccc(C#N)cc2)n1. The summed E-state index contributed by atoms with van der Waals surface area (Å²) in [6.45, 7) is 2.55. The molecule has 1 aromatic carbocycles. The van der Waals surface area contributed by atoms with Gasteiger partial charge in [-0.1, -0.05) is 11.6 Å². The maximum Gasteiger partial charge on any atom is 0.277 e. The van der Waals surface area contributed by atoms with Crippen LogP contribution >= 0.6 is 11.6 Å². The molecule has 6 heteroatoms. The van der Waals surface area contributed by atoms with Crippen molar-refractivity contribution in [3.05, 3.63) is 46.7 Å². The van der Waals surface area contributed by atoms with Crippen molar-refractivity contribution in [3.63, 3.8) is 0 Å². The van der Waals surface area contributed by atoms with Crippen LogP contribution in [0.5, 0.6) is 0 Å². The minimum absolute atomic E-state index is 0.188. The van der Waals surface area contributed by atoms with Crippen molar-refractivity contribution in [3.8, 4) is 6.07 Å². The molecule has 0 bridgehead atoms. The van der Waals surface area contributed by atoms with Gasteiger partial charge >= 0.3 is 0 Å². The Labute approximate surface area is 115 Å². The summed E-state index contributed by atoms with van der Waals surface area (Å²) < 4.78 is 1.59. The maximum absolute atomic E-state index is 12.0. The van der Waals surface area contributed by atoms with Gasteiger partial charge in [0.25, 0.3) is 5.91 Å². The van der Waals surface area contributed by atoms with Crippen molar-refractivity contribution in [1.82, 2.24) is 9.78 Å². The quantitative estimate of drug-likeness (QED) is 0.935. The monoisotopic (exact) mass is 274 g/mol. The summed E-state index contributed by atoms with van der Waals surface area (Å²) in [7, 11) is 0. The lowest BCUT2D eigenvalue weighted by atomic mass is 10.2. The zero-order valence-corrected chi connectivity index (χ0v) is 11.0. The second-order valence-electron chi connectivity index (χ2n) is 3.82. The highest BCUT2D eigenvalue weighted by Crippen LogP contribution is 2.16. The molecule has 0 fully saturated rings. The van der Waals surface area contributed by atoms with E-state index in [1.165, 1.54) is 0 Å². The van der Waals surface area contributed by atoms with Gasteiger partial charge in [-0.15, -0.1) is 0 Å². The standard InChI is InChI=1S/C13H11ClN4O/c1-2-18-8-11(14)12(17-18)13(19)16-10-5-3-9(7-15)4-6-10/h3-6,8H,2H2,1H3,(H,16,19). The average Bonchev–Trinajstić information content (AvgIpc) is 2.81. The highest BCUT2D eigenvalue weighted by molar-refractivity contribution is 6.34. The second-order valence-corrected chi connectivity index (χ2v) is 4.23. The van der Waals surface area contributed by atoms with Gasteiger partial charge in [0.1, 0.15) is 0 Å². The number of hydrogen-bond acceptors (Lipinski definition) is 3. The van der Waals surface area contributed by atoms with Crippen LogP contribution in [-0.2, 0) is 6.54 Å². The third-order valence-electron chi connectivity index (χ3n) is 2.53. The topological polar surface area (TPSA) is 70.7 Å². The number of anilines is 1. The van der Waals surface area contributed by atoms with E-state index in [4.69, 9.17) is 16.9 Å². The summed E-state index contributed by atoms with van der Waals surface area (Å²) in [5.41, 5.74) is 1.31. The predicted molar refractivity (Wildman–Crippen MR) is 72.0 cm³/mol. The normalized spacial score (nSPS) is 9.95. The third-order valence-corrected chi connectivity index (χ3v) is 2.80. The number of aryl methyl sites for hydroxylation is 1. The molecule has 0 aliphatic rings. The summed E-state index contributed by atoms with van der Waals surface area (Å²) in [4.78, 5) is 12.0. The average molecular weight is 275 g/mol. The van der Waals surface area contributed by atoms with Crippen molar-refractivity contribution in [2.45, 2.75) is 13.5 Å². The Morgan fingerprint density at radius 2 is 2.16 bits per heavy atom. The van der Waals surface area contributed by atoms with Gasteiger partial charge in [0.05, 0.1) is 16.7 Å². The molecular weight excluding hydrogens is 264 g/mol. The van der Waals surface area contributed by atoms with Crippen LogP contribution in [0.4, 0.5) is 5.69 Å². The molecular formula is C13H11ClN4O. The first-order valence-electron chi connectivity index (χ1n) is 5.68. The van der Waals surface area contributed by atoms with E-state index in [-0.39, 0.29) is 11.6 Å². The highest BCUT2D eigenvalue weighted by atomic mass is 35.5. The molecule has 5 nitrogen and oxygen atoms in total. The Morgan fingerprint density at radius 3 is 2.68 bits per heavy atom. The zero-order valence-electron chi connectivity index (χ0n) is 10.2. The minimum Gasteiger partial charge on any atom is -0.321 e. The lowest BCUT2D eigenvalue weighted by Crippen LogP contribution is -2.13. The number of halogens is 1. The molecule has 0 aliphatic carbocycles. The van der Waals surface area contributed by atoms with E-state index in [0.717, 1.165) is 0 Å². The van der Waals surface area contributed by atoms with Crippen LogP contribution in [0.3, 0.4) is 0 Å². The zero-order chi connectivity index (χ0) is 13.8. The number of carbonyl (C=O) groups is 1. The molecule has 0 unspecified atom stereocenters. The van der Waals surface area contributed by atoms with Crippen LogP contribution in [0.15, 0.2) is 30.5 Å². The fraction of sp³-hybridized carbons (Fsp3) is 0.154. The van der Waals surface area contributed by atoms with Crippen molar-refractivity contribution in [2.75, 3.05) is 5.32 Å². The van der Waals surface area contributed by atoms with Crippen LogP contribution in [0.2, 0.25) is 5.02 Å². The van der Waals surface area contributed by atoms with Crippen LogP contribution < -0.4 is 5.32 Å². The number of nitriles is 1. The molecule has 1 N–H and O–H groups in total. The van der Waals surface area contributed by atoms with Gasteiger partial charge in [-0.05, 0) is 31.2 Å². The number of amides is 1. The lowest BCUT2D eigenvalue weighted by molar-refractivity contribution is 0.102. The molecule has 1 heterocycles. The number of hydrogen-bond donors (Lipinski definition) is 1. The molecule has 0 spiro atoms. The van der Waals surface area contributed by atoms with Crippen LogP contribution in [-0.4, -0.2) is 15.7 Å². The molecule has 0 atom stereocenters. The first kappa shape index (κ1) is 13.1. The fourth-order valence-corrected chi connectivity index (χ4v) is 1.77. The molecule has 2 rings (SSSR count). The van der Waals surface area contributed by atoms with E-state index in [2.05, 4.69) is 10.4 Å². The van der Waals surface area contributed by atoms with Gasteiger partial charge in [0.2, 0.25) is 0 Å². The van der Waals surface area contributed by atoms with E-state index in [1.54, 1.807) is 35.1 Å². The molecule has 0 aliphatic heterocycles. The van der Waals surface area contributed by atoms with E-state index < -0.39 is 0 Å². The molecule has 1 aromatic heterocycles. The lowest BCUT2D eigenvalue weighted by Gasteiger charge is -2.03. The van der Waals surface area contributed by atoms with Gasteiger partial charge in [-0.3, -0.25) is 9.48 Å². The molecule has 0 saturated heterocycles. The minimum atomic E-state index is -0.373. The van der Waals surface area contributed by atoms with E-state index in [0.29, 0.717) is 22.8 Å². The first-order valence-corrected chi connectivity index (χ1v) is 6.06. The number of carbonyl (C=O) groups excluding carboxylic acids is 1. The molecule has 96 valence electrons. The van der Waals surface area contributed by atoms with Crippen molar-refractivity contribution in [1.29, 1.82) is 5.26 Å². The number of benzene rings is 1. The Kier molecular flexibility index (Phi) is 3.83. The maximum atomic E-state index is 12.0. The number of aromatic nitrogens is 2. The summed E-state index contributed by atoms with van der Waals surface area (Å²) >= 11 is 5.95. The fourth-order valence-electron chi connectivity index (χ4n) is 1.53. The third kappa shape index (κ3) is 2.92. The second kappa shape index (κ2) is 5.55. The number of nitrogens with zero attached hydrogens (tertiary/aromatic N) is 3. The van der Waals surface area contributed by atoms with Gasteiger partial charge in [0.15, 0.2) is 5.69 Å². The smallest absolute Gasteiger partial charge is 0.277 e. The van der Waals surface area contributed by atoms with Crippen molar-refractivity contribution < 1.29 is 4.79 Å². The molecule has 1 amide bonds. The Hall–Kier alpha value is -2.32. The van der Waals surface area contributed by atoms with Crippen molar-refractivity contribution in [2.24, 2.45) is 0 Å². The Balaban J connectivity index is 2.16. The summed E-state index contributed by atoms with van der Waals surface area (Å²) in [6.07, 6.45) is 1.61. The highest BCUT2D eigenvalue weighted by Gasteiger charge is 2.15. The van der Waals surface area contributed by atoms with E-state index in [9.17, 15) is 4.79 Å². The molecule has 2 aromatic rings. The number of rotatable bonds is 3. The number of nitrogens with one attached hydrogen (secondary N) is 1. The van der Waals surface area contributed by atoms with Crippen LogP contribution in [0.25, 0.3) is 0 Å². The van der Waals surface area contributed by atoms with Gasteiger partial charge in [-0.2, -0.15) is 10.4 Å². The van der Waals surface area contributed by atoms with Gasteiger partial charge in [-0.25, -0.2) is 0 Å². The van der Waals surface area contributed by atoms with Crippen LogP contribution in [0.1, 0.15) is 23.0 Å². The first-order chi connectivity index (χ1) is 9.13. The van der Waals surface area contributed by atoms with E-state index in [1.807, 2.05) is 13.0 Å². The van der Waals surface area contributed by atoms with Gasteiger partial charge < -0.3 is 5.32 Å². The van der Waals surface area contributed by atoms with Crippen LogP contribution in [0, 0.1) is 11.3 Å². The Morgan fingerprint density at radius 1 is 1.47 bits per heavy atom. The largest absolute Gasteiger partial charge is 0.321 e. The summed E-state index contributed by atoms with van der Waals surface area (Å²) in [5.74, 6) is -0.373. The van der Waals surface area contributed by atoms with E-state index >= 15 is 0 Å².